The van der Waals surface area contributed by atoms with Crippen molar-refractivity contribution in [2.75, 3.05) is 18.0 Å². The largest absolute Gasteiger partial charge is 0.358 e. The standard InChI is InChI=1S/C15H16N4O3S/c20-14(11-2-1-6-16-10-11)17-12-3-7-18(8-4-12)15-13(19(21)22)5-9-23-15/h1-2,5-6,9-10,12H,3-4,7-8H2,(H,17,20). The van der Waals surface area contributed by atoms with E-state index in [0.29, 0.717) is 23.7 Å². The number of carbonyl (C=O) groups is 1. The first-order chi connectivity index (χ1) is 11.1. The third-order valence-electron chi connectivity index (χ3n) is 3.86. The van der Waals surface area contributed by atoms with Crippen LogP contribution < -0.4 is 10.2 Å². The van der Waals surface area contributed by atoms with Crippen LogP contribution in [-0.4, -0.2) is 34.9 Å². The van der Waals surface area contributed by atoms with E-state index in [9.17, 15) is 14.9 Å². The maximum Gasteiger partial charge on any atom is 0.303 e. The van der Waals surface area contributed by atoms with Crippen molar-refractivity contribution in [1.29, 1.82) is 0 Å². The van der Waals surface area contributed by atoms with Crippen LogP contribution in [-0.2, 0) is 0 Å². The van der Waals surface area contributed by atoms with Crippen LogP contribution in [0.1, 0.15) is 23.2 Å². The highest BCUT2D eigenvalue weighted by Gasteiger charge is 2.26. The number of pyridine rings is 1. The van der Waals surface area contributed by atoms with Gasteiger partial charge in [-0.3, -0.25) is 19.9 Å². The molecule has 3 rings (SSSR count). The lowest BCUT2D eigenvalue weighted by Gasteiger charge is -2.32. The summed E-state index contributed by atoms with van der Waals surface area (Å²) in [4.78, 5) is 28.7. The molecule has 8 heteroatoms. The van der Waals surface area contributed by atoms with Crippen molar-refractivity contribution < 1.29 is 9.72 Å². The van der Waals surface area contributed by atoms with Gasteiger partial charge >= 0.3 is 5.69 Å². The second-order valence-corrected chi connectivity index (χ2v) is 6.24. The van der Waals surface area contributed by atoms with Crippen molar-refractivity contribution in [3.8, 4) is 0 Å². The Bertz CT molecular complexity index is 696. The fraction of sp³-hybridized carbons (Fsp3) is 0.333. The summed E-state index contributed by atoms with van der Waals surface area (Å²) in [7, 11) is 0. The van der Waals surface area contributed by atoms with Crippen LogP contribution in [0.15, 0.2) is 36.0 Å². The lowest BCUT2D eigenvalue weighted by Crippen LogP contribution is -2.44. The van der Waals surface area contributed by atoms with Crippen molar-refractivity contribution in [2.45, 2.75) is 18.9 Å². The topological polar surface area (TPSA) is 88.4 Å². The molecule has 120 valence electrons. The summed E-state index contributed by atoms with van der Waals surface area (Å²) in [5.41, 5.74) is 0.705. The van der Waals surface area contributed by atoms with E-state index in [-0.39, 0.29) is 22.6 Å². The highest BCUT2D eigenvalue weighted by atomic mass is 32.1. The van der Waals surface area contributed by atoms with E-state index < -0.39 is 0 Å². The molecule has 3 heterocycles. The second kappa shape index (κ2) is 6.74. The van der Waals surface area contributed by atoms with E-state index in [1.165, 1.54) is 17.4 Å². The molecule has 0 unspecified atom stereocenters. The average Bonchev–Trinajstić information content (AvgIpc) is 3.06. The number of nitro groups is 1. The van der Waals surface area contributed by atoms with Gasteiger partial charge in [0.15, 0.2) is 5.00 Å². The highest BCUT2D eigenvalue weighted by molar-refractivity contribution is 7.14. The monoisotopic (exact) mass is 332 g/mol. The molecule has 2 aromatic rings. The Morgan fingerprint density at radius 1 is 1.39 bits per heavy atom. The summed E-state index contributed by atoms with van der Waals surface area (Å²) < 4.78 is 0. The van der Waals surface area contributed by atoms with Gasteiger partial charge in [0.25, 0.3) is 5.91 Å². The number of nitrogens with zero attached hydrogens (tertiary/aromatic N) is 3. The maximum absolute atomic E-state index is 12.1. The summed E-state index contributed by atoms with van der Waals surface area (Å²) in [5, 5.41) is 16.5. The number of hydrogen-bond acceptors (Lipinski definition) is 6. The number of hydrogen-bond donors (Lipinski definition) is 1. The van der Waals surface area contributed by atoms with Gasteiger partial charge < -0.3 is 10.2 Å². The summed E-state index contributed by atoms with van der Waals surface area (Å²) >= 11 is 1.39. The van der Waals surface area contributed by atoms with E-state index in [4.69, 9.17) is 0 Å². The molecule has 0 aromatic carbocycles. The molecule has 1 fully saturated rings. The first-order valence-corrected chi connectivity index (χ1v) is 8.21. The number of nitrogens with one attached hydrogen (secondary N) is 1. The van der Waals surface area contributed by atoms with Crippen LogP contribution in [0.3, 0.4) is 0 Å². The molecular weight excluding hydrogens is 316 g/mol. The Labute approximate surface area is 137 Å². The minimum absolute atomic E-state index is 0.0815. The predicted octanol–water partition coefficient (Wildman–Crippen LogP) is 2.45. The summed E-state index contributed by atoms with van der Waals surface area (Å²) in [6.07, 6.45) is 4.70. The average molecular weight is 332 g/mol. The van der Waals surface area contributed by atoms with E-state index in [2.05, 4.69) is 10.3 Å². The van der Waals surface area contributed by atoms with Gasteiger partial charge in [0.2, 0.25) is 0 Å². The van der Waals surface area contributed by atoms with Gasteiger partial charge in [-0.2, -0.15) is 0 Å². The molecule has 0 bridgehead atoms. The first kappa shape index (κ1) is 15.4. The molecule has 0 spiro atoms. The number of anilines is 1. The molecule has 0 radical (unpaired) electrons. The molecule has 0 saturated carbocycles. The van der Waals surface area contributed by atoms with Crippen LogP contribution in [0.4, 0.5) is 10.7 Å². The predicted molar refractivity (Wildman–Crippen MR) is 87.9 cm³/mol. The van der Waals surface area contributed by atoms with Crippen LogP contribution in [0.2, 0.25) is 0 Å². The van der Waals surface area contributed by atoms with Gasteiger partial charge in [0.05, 0.1) is 10.5 Å². The van der Waals surface area contributed by atoms with Gasteiger partial charge in [0, 0.05) is 37.6 Å². The van der Waals surface area contributed by atoms with Crippen molar-refractivity contribution in [3.63, 3.8) is 0 Å². The van der Waals surface area contributed by atoms with Crippen LogP contribution in [0.25, 0.3) is 0 Å². The van der Waals surface area contributed by atoms with E-state index in [1.807, 2.05) is 4.90 Å². The number of piperidine rings is 1. The second-order valence-electron chi connectivity index (χ2n) is 5.34. The normalized spacial score (nSPS) is 15.4. The number of aromatic nitrogens is 1. The molecule has 0 atom stereocenters. The lowest BCUT2D eigenvalue weighted by molar-refractivity contribution is -0.383. The summed E-state index contributed by atoms with van der Waals surface area (Å²) in [6, 6.07) is 5.08. The smallest absolute Gasteiger partial charge is 0.303 e. The Balaban J connectivity index is 1.57. The van der Waals surface area contributed by atoms with Crippen LogP contribution in [0.5, 0.6) is 0 Å². The van der Waals surface area contributed by atoms with Crippen molar-refractivity contribution >= 4 is 27.9 Å². The first-order valence-electron chi connectivity index (χ1n) is 7.33. The maximum atomic E-state index is 12.1. The van der Waals surface area contributed by atoms with E-state index in [1.54, 1.807) is 29.9 Å². The van der Waals surface area contributed by atoms with E-state index in [0.717, 1.165) is 12.8 Å². The summed E-state index contributed by atoms with van der Waals surface area (Å²) in [5.74, 6) is -0.126. The molecule has 1 amide bonds. The molecule has 0 aliphatic carbocycles. The Morgan fingerprint density at radius 3 is 2.83 bits per heavy atom. The SMILES string of the molecule is O=C(NC1CCN(c2sccc2[N+](=O)[O-])CC1)c1cccnc1. The fourth-order valence-corrected chi connectivity index (χ4v) is 3.58. The van der Waals surface area contributed by atoms with Crippen molar-refractivity contribution in [2.24, 2.45) is 0 Å². The molecule has 1 saturated heterocycles. The zero-order valence-corrected chi connectivity index (χ0v) is 13.2. The summed E-state index contributed by atoms with van der Waals surface area (Å²) in [6.45, 7) is 1.39. The zero-order valence-electron chi connectivity index (χ0n) is 12.3. The lowest BCUT2D eigenvalue weighted by atomic mass is 10.0. The minimum atomic E-state index is -0.345. The molecular formula is C15H16N4O3S. The Kier molecular flexibility index (Phi) is 4.52. The Hall–Kier alpha value is -2.48. The molecule has 2 aromatic heterocycles. The van der Waals surface area contributed by atoms with Gasteiger partial charge in [0.1, 0.15) is 0 Å². The minimum Gasteiger partial charge on any atom is -0.358 e. The number of thiophene rings is 1. The van der Waals surface area contributed by atoms with Gasteiger partial charge in [-0.25, -0.2) is 0 Å². The molecule has 23 heavy (non-hydrogen) atoms. The highest BCUT2D eigenvalue weighted by Crippen LogP contribution is 2.35. The van der Waals surface area contributed by atoms with Gasteiger partial charge in [-0.15, -0.1) is 11.3 Å². The fourth-order valence-electron chi connectivity index (χ4n) is 2.66. The van der Waals surface area contributed by atoms with Gasteiger partial charge in [-0.1, -0.05) is 0 Å². The molecule has 1 N–H and O–H groups in total. The number of rotatable bonds is 4. The Morgan fingerprint density at radius 2 is 2.17 bits per heavy atom. The van der Waals surface area contributed by atoms with E-state index >= 15 is 0 Å². The quantitative estimate of drug-likeness (QED) is 0.686. The van der Waals surface area contributed by atoms with Crippen LogP contribution in [0, 0.1) is 10.1 Å². The molecule has 7 nitrogen and oxygen atoms in total. The van der Waals surface area contributed by atoms with Gasteiger partial charge in [-0.05, 0) is 30.4 Å². The zero-order chi connectivity index (χ0) is 16.2. The molecule has 1 aliphatic rings. The third-order valence-corrected chi connectivity index (χ3v) is 4.83. The van der Waals surface area contributed by atoms with Crippen LogP contribution >= 0.6 is 11.3 Å². The number of carbonyl (C=O) groups excluding carboxylic acids is 1. The molecule has 1 aliphatic heterocycles. The van der Waals surface area contributed by atoms with Crippen molar-refractivity contribution in [1.82, 2.24) is 10.3 Å². The third kappa shape index (κ3) is 3.48. The number of amides is 1. The van der Waals surface area contributed by atoms with Crippen molar-refractivity contribution in [3.05, 3.63) is 51.7 Å².